The predicted molar refractivity (Wildman–Crippen MR) is 87.3 cm³/mol. The highest BCUT2D eigenvalue weighted by Crippen LogP contribution is 2.19. The summed E-state index contributed by atoms with van der Waals surface area (Å²) in [6.45, 7) is 3.63. The molecule has 0 unspecified atom stereocenters. The maximum atomic E-state index is 12.1. The van der Waals surface area contributed by atoms with E-state index in [1.54, 1.807) is 0 Å². The van der Waals surface area contributed by atoms with E-state index in [1.807, 2.05) is 32.0 Å². The molecule has 1 saturated heterocycles. The lowest BCUT2D eigenvalue weighted by Crippen LogP contribution is -2.40. The topological polar surface area (TPSA) is 108 Å². The van der Waals surface area contributed by atoms with Crippen molar-refractivity contribution in [3.05, 3.63) is 29.3 Å². The third-order valence-corrected chi connectivity index (χ3v) is 3.79. The second-order valence-electron chi connectivity index (χ2n) is 5.78. The molecule has 0 bridgehead atoms. The fourth-order valence-electron chi connectivity index (χ4n) is 2.43. The number of hydrogen-bond acceptors (Lipinski definition) is 4. The number of para-hydroxylation sites is 1. The number of anilines is 1. The zero-order valence-corrected chi connectivity index (χ0v) is 13.8. The number of amides is 5. The van der Waals surface area contributed by atoms with Crippen molar-refractivity contribution in [2.24, 2.45) is 0 Å². The minimum absolute atomic E-state index is 0.144. The highest BCUT2D eigenvalue weighted by Gasteiger charge is 2.32. The summed E-state index contributed by atoms with van der Waals surface area (Å²) in [6.07, 6.45) is -0.190. The maximum absolute atomic E-state index is 12.1. The van der Waals surface area contributed by atoms with Gasteiger partial charge in [-0.05, 0) is 25.0 Å². The van der Waals surface area contributed by atoms with Gasteiger partial charge in [0, 0.05) is 12.7 Å². The third-order valence-electron chi connectivity index (χ3n) is 3.79. The van der Waals surface area contributed by atoms with Crippen molar-refractivity contribution < 1.29 is 19.2 Å². The first-order valence-corrected chi connectivity index (χ1v) is 7.49. The van der Waals surface area contributed by atoms with Gasteiger partial charge in [0.15, 0.2) is 0 Å². The van der Waals surface area contributed by atoms with Gasteiger partial charge < -0.3 is 15.5 Å². The minimum Gasteiger partial charge on any atom is -0.336 e. The van der Waals surface area contributed by atoms with Crippen molar-refractivity contribution in [3.63, 3.8) is 0 Å². The molecule has 1 aromatic rings. The van der Waals surface area contributed by atoms with E-state index in [4.69, 9.17) is 0 Å². The number of carbonyl (C=O) groups excluding carboxylic acids is 4. The molecule has 1 aliphatic rings. The van der Waals surface area contributed by atoms with Gasteiger partial charge in [-0.15, -0.1) is 0 Å². The van der Waals surface area contributed by atoms with Gasteiger partial charge in [-0.2, -0.15) is 0 Å². The van der Waals surface area contributed by atoms with E-state index in [2.05, 4.69) is 16.0 Å². The summed E-state index contributed by atoms with van der Waals surface area (Å²) in [5.41, 5.74) is 2.59. The Morgan fingerprint density at radius 2 is 1.83 bits per heavy atom. The van der Waals surface area contributed by atoms with Gasteiger partial charge in [0.1, 0.15) is 6.04 Å². The first-order valence-electron chi connectivity index (χ1n) is 7.49. The Labute approximate surface area is 139 Å². The van der Waals surface area contributed by atoms with Crippen LogP contribution in [0.4, 0.5) is 10.5 Å². The van der Waals surface area contributed by atoms with Crippen LogP contribution in [0.15, 0.2) is 18.2 Å². The van der Waals surface area contributed by atoms with Gasteiger partial charge in [0.25, 0.3) is 5.91 Å². The largest absolute Gasteiger partial charge is 0.336 e. The molecule has 5 amide bonds. The Kier molecular flexibility index (Phi) is 5.18. The SMILES string of the molecule is Cc1cccc(C)c1NC(=O)CN(C)C(=O)C[C@@H]1NC(=O)NC1=O. The highest BCUT2D eigenvalue weighted by molar-refractivity contribution is 6.06. The van der Waals surface area contributed by atoms with Crippen molar-refractivity contribution in [1.29, 1.82) is 0 Å². The van der Waals surface area contributed by atoms with E-state index >= 15 is 0 Å². The van der Waals surface area contributed by atoms with Crippen LogP contribution in [0.25, 0.3) is 0 Å². The lowest BCUT2D eigenvalue weighted by atomic mass is 10.1. The maximum Gasteiger partial charge on any atom is 0.322 e. The van der Waals surface area contributed by atoms with E-state index in [0.29, 0.717) is 0 Å². The standard InChI is InChI=1S/C16H20N4O4/c1-9-5-4-6-10(2)14(9)18-12(21)8-20(3)13(22)7-11-15(23)19-16(24)17-11/h4-6,11H,7-8H2,1-3H3,(H,18,21)(H2,17,19,23,24)/t11-/m0/s1. The minimum atomic E-state index is -0.894. The van der Waals surface area contributed by atoms with Crippen molar-refractivity contribution >= 4 is 29.4 Å². The van der Waals surface area contributed by atoms with Crippen LogP contribution in [0.5, 0.6) is 0 Å². The normalized spacial score (nSPS) is 16.4. The summed E-state index contributed by atoms with van der Waals surface area (Å²) in [5.74, 6) is -1.28. The first kappa shape index (κ1) is 17.5. The highest BCUT2D eigenvalue weighted by atomic mass is 16.2. The smallest absolute Gasteiger partial charge is 0.322 e. The van der Waals surface area contributed by atoms with Crippen LogP contribution in [0, 0.1) is 13.8 Å². The van der Waals surface area contributed by atoms with Crippen LogP contribution in [-0.2, 0) is 14.4 Å². The van der Waals surface area contributed by atoms with Crippen molar-refractivity contribution in [3.8, 4) is 0 Å². The summed E-state index contributed by atoms with van der Waals surface area (Å²) in [4.78, 5) is 47.9. The van der Waals surface area contributed by atoms with Crippen LogP contribution in [0.3, 0.4) is 0 Å². The first-order chi connectivity index (χ1) is 11.3. The summed E-state index contributed by atoms with van der Waals surface area (Å²) in [5, 5.41) is 7.20. The Morgan fingerprint density at radius 1 is 1.21 bits per heavy atom. The van der Waals surface area contributed by atoms with Gasteiger partial charge >= 0.3 is 6.03 Å². The number of nitrogens with zero attached hydrogens (tertiary/aromatic N) is 1. The molecule has 1 fully saturated rings. The van der Waals surface area contributed by atoms with Gasteiger partial charge in [0.2, 0.25) is 11.8 Å². The number of nitrogens with one attached hydrogen (secondary N) is 3. The van der Waals surface area contributed by atoms with Gasteiger partial charge in [-0.3, -0.25) is 19.7 Å². The average Bonchev–Trinajstić information content (AvgIpc) is 2.80. The van der Waals surface area contributed by atoms with Crippen molar-refractivity contribution in [2.75, 3.05) is 18.9 Å². The molecule has 3 N–H and O–H groups in total. The molecule has 24 heavy (non-hydrogen) atoms. The molecule has 0 radical (unpaired) electrons. The summed E-state index contributed by atoms with van der Waals surface area (Å²) < 4.78 is 0. The number of urea groups is 1. The molecular weight excluding hydrogens is 312 g/mol. The molecule has 1 aromatic carbocycles. The van der Waals surface area contributed by atoms with Crippen LogP contribution < -0.4 is 16.0 Å². The summed E-state index contributed by atoms with van der Waals surface area (Å²) >= 11 is 0. The Morgan fingerprint density at radius 3 is 2.38 bits per heavy atom. The molecule has 2 rings (SSSR count). The zero-order valence-electron chi connectivity index (χ0n) is 13.8. The number of rotatable bonds is 5. The van der Waals surface area contributed by atoms with Gasteiger partial charge in [-0.1, -0.05) is 18.2 Å². The number of carbonyl (C=O) groups is 4. The monoisotopic (exact) mass is 332 g/mol. The number of aryl methyl sites for hydroxylation is 2. The molecule has 1 atom stereocenters. The van der Waals surface area contributed by atoms with E-state index in [-0.39, 0.29) is 18.9 Å². The lowest BCUT2D eigenvalue weighted by Gasteiger charge is -2.19. The Bertz CT molecular complexity index is 681. The van der Waals surface area contributed by atoms with Crippen molar-refractivity contribution in [2.45, 2.75) is 26.3 Å². The number of benzene rings is 1. The van der Waals surface area contributed by atoms with E-state index in [0.717, 1.165) is 16.8 Å². The van der Waals surface area contributed by atoms with Gasteiger partial charge in [-0.25, -0.2) is 4.79 Å². The quantitative estimate of drug-likeness (QED) is 0.674. The molecule has 0 aliphatic carbocycles. The number of hydrogen-bond donors (Lipinski definition) is 3. The molecular formula is C16H20N4O4. The third kappa shape index (κ3) is 4.09. The molecule has 0 saturated carbocycles. The number of imide groups is 1. The van der Waals surface area contributed by atoms with Crippen molar-refractivity contribution in [1.82, 2.24) is 15.5 Å². The van der Waals surface area contributed by atoms with Crippen LogP contribution >= 0.6 is 0 Å². The lowest BCUT2D eigenvalue weighted by molar-refractivity contribution is -0.135. The molecule has 8 heteroatoms. The molecule has 0 aromatic heterocycles. The molecule has 1 heterocycles. The molecule has 8 nitrogen and oxygen atoms in total. The second-order valence-corrected chi connectivity index (χ2v) is 5.78. The van der Waals surface area contributed by atoms with Gasteiger partial charge in [0.05, 0.1) is 13.0 Å². The molecule has 128 valence electrons. The summed E-state index contributed by atoms with van der Waals surface area (Å²) in [7, 11) is 1.47. The van der Waals surface area contributed by atoms with E-state index in [1.165, 1.54) is 11.9 Å². The Balaban J connectivity index is 1.90. The Hall–Kier alpha value is -2.90. The zero-order chi connectivity index (χ0) is 17.9. The fourth-order valence-corrected chi connectivity index (χ4v) is 2.43. The van der Waals surface area contributed by atoms with Crippen LogP contribution in [-0.4, -0.2) is 48.3 Å². The van der Waals surface area contributed by atoms with E-state index in [9.17, 15) is 19.2 Å². The average molecular weight is 332 g/mol. The summed E-state index contributed by atoms with van der Waals surface area (Å²) in [6, 6.07) is 4.16. The molecule has 0 spiro atoms. The predicted octanol–water partition coefficient (Wildman–Crippen LogP) is 0.298. The second kappa shape index (κ2) is 7.12. The van der Waals surface area contributed by atoms with Crippen LogP contribution in [0.2, 0.25) is 0 Å². The molecule has 1 aliphatic heterocycles. The number of likely N-dealkylation sites (N-methyl/N-ethyl adjacent to an activating group) is 1. The van der Waals surface area contributed by atoms with E-state index < -0.39 is 23.9 Å². The van der Waals surface area contributed by atoms with Crippen LogP contribution in [0.1, 0.15) is 17.5 Å². The fraction of sp³-hybridized carbons (Fsp3) is 0.375.